The Morgan fingerprint density at radius 3 is 2.95 bits per heavy atom. The number of carbonyl (C=O) groups is 2. The van der Waals surface area contributed by atoms with E-state index in [2.05, 4.69) is 10.2 Å². The monoisotopic (exact) mass is 299 g/mol. The van der Waals surface area contributed by atoms with Crippen LogP contribution < -0.4 is 5.32 Å². The van der Waals surface area contributed by atoms with Crippen LogP contribution in [0.5, 0.6) is 0 Å². The summed E-state index contributed by atoms with van der Waals surface area (Å²) in [6.07, 6.45) is 0. The summed E-state index contributed by atoms with van der Waals surface area (Å²) >= 11 is 7.47. The predicted molar refractivity (Wildman–Crippen MR) is 73.1 cm³/mol. The van der Waals surface area contributed by atoms with Gasteiger partial charge in [0.15, 0.2) is 0 Å². The molecule has 7 heteroatoms. The second kappa shape index (κ2) is 5.11. The third kappa shape index (κ3) is 2.61. The first-order valence-corrected chi connectivity index (χ1v) is 7.36. The zero-order valence-corrected chi connectivity index (χ0v) is 11.8. The highest BCUT2D eigenvalue weighted by atomic mass is 35.5. The molecule has 0 aromatic carbocycles. The minimum absolute atomic E-state index is 0.0171. The Morgan fingerprint density at radius 1 is 1.37 bits per heavy atom. The van der Waals surface area contributed by atoms with E-state index >= 15 is 0 Å². The summed E-state index contributed by atoms with van der Waals surface area (Å²) in [7, 11) is 0. The van der Waals surface area contributed by atoms with Gasteiger partial charge in [-0.15, -0.1) is 11.3 Å². The fourth-order valence-corrected chi connectivity index (χ4v) is 3.68. The van der Waals surface area contributed by atoms with Gasteiger partial charge in [-0.1, -0.05) is 11.6 Å². The Hall–Kier alpha value is -1.11. The van der Waals surface area contributed by atoms with Crippen molar-refractivity contribution in [2.45, 2.75) is 12.6 Å². The molecule has 0 spiro atoms. The van der Waals surface area contributed by atoms with Crippen LogP contribution in [0.25, 0.3) is 0 Å². The lowest BCUT2D eigenvalue weighted by Gasteiger charge is -2.42. The van der Waals surface area contributed by atoms with Crippen LogP contribution in [0.2, 0.25) is 4.34 Å². The average molecular weight is 300 g/mol. The molecule has 2 fully saturated rings. The molecule has 3 heterocycles. The van der Waals surface area contributed by atoms with Crippen molar-refractivity contribution in [2.75, 3.05) is 26.2 Å². The fourth-order valence-electron chi connectivity index (χ4n) is 2.55. The number of amides is 2. The van der Waals surface area contributed by atoms with E-state index in [0.29, 0.717) is 13.1 Å². The van der Waals surface area contributed by atoms with Gasteiger partial charge in [0.05, 0.1) is 10.9 Å². The molecule has 2 aliphatic rings. The Bertz CT molecular complexity index is 519. The van der Waals surface area contributed by atoms with E-state index < -0.39 is 0 Å². The topological polar surface area (TPSA) is 52.7 Å². The number of piperazine rings is 2. The van der Waals surface area contributed by atoms with E-state index in [1.165, 1.54) is 4.88 Å². The van der Waals surface area contributed by atoms with Crippen LogP contribution >= 0.6 is 22.9 Å². The number of nitrogens with zero attached hydrogens (tertiary/aromatic N) is 2. The normalized spacial score (nSPS) is 24.3. The maximum Gasteiger partial charge on any atom is 0.244 e. The minimum atomic E-state index is -0.342. The van der Waals surface area contributed by atoms with Gasteiger partial charge in [0.1, 0.15) is 6.04 Å². The van der Waals surface area contributed by atoms with Crippen LogP contribution in [-0.4, -0.2) is 53.8 Å². The molecule has 1 N–H and O–H groups in total. The maximum atomic E-state index is 11.8. The number of hydrogen-bond donors (Lipinski definition) is 1. The van der Waals surface area contributed by atoms with Crippen molar-refractivity contribution in [3.63, 3.8) is 0 Å². The summed E-state index contributed by atoms with van der Waals surface area (Å²) in [5.74, 6) is -0.0306. The van der Waals surface area contributed by atoms with E-state index in [9.17, 15) is 9.59 Å². The third-order valence-electron chi connectivity index (χ3n) is 3.51. The first kappa shape index (κ1) is 12.9. The maximum absolute atomic E-state index is 11.8. The molecule has 0 saturated carbocycles. The van der Waals surface area contributed by atoms with Crippen LogP contribution in [-0.2, 0) is 16.1 Å². The lowest BCUT2D eigenvalue weighted by Crippen LogP contribution is -2.65. The van der Waals surface area contributed by atoms with Gasteiger partial charge < -0.3 is 10.2 Å². The molecular weight excluding hydrogens is 286 g/mol. The van der Waals surface area contributed by atoms with Crippen molar-refractivity contribution in [1.29, 1.82) is 0 Å². The molecule has 1 aromatic heterocycles. The number of halogens is 1. The van der Waals surface area contributed by atoms with Crippen LogP contribution in [0.3, 0.4) is 0 Å². The summed E-state index contributed by atoms with van der Waals surface area (Å²) in [6.45, 7) is 2.92. The number of nitrogens with one attached hydrogen (secondary N) is 1. The van der Waals surface area contributed by atoms with Gasteiger partial charge in [0.25, 0.3) is 0 Å². The van der Waals surface area contributed by atoms with Gasteiger partial charge in [-0.25, -0.2) is 0 Å². The summed E-state index contributed by atoms with van der Waals surface area (Å²) < 4.78 is 0.777. The van der Waals surface area contributed by atoms with Gasteiger partial charge in [-0.2, -0.15) is 0 Å². The Kier molecular flexibility index (Phi) is 3.47. The molecule has 2 aliphatic heterocycles. The van der Waals surface area contributed by atoms with E-state index in [1.54, 1.807) is 16.2 Å². The molecular formula is C12H14ClN3O2S. The minimum Gasteiger partial charge on any atom is -0.345 e. The Morgan fingerprint density at radius 2 is 2.21 bits per heavy atom. The van der Waals surface area contributed by atoms with E-state index in [0.717, 1.165) is 17.4 Å². The first-order valence-electron chi connectivity index (χ1n) is 6.17. The molecule has 5 nitrogen and oxygen atoms in total. The van der Waals surface area contributed by atoms with Crippen LogP contribution in [0.4, 0.5) is 0 Å². The number of fused-ring (bicyclic) bond motifs is 1. The molecule has 1 atom stereocenters. The summed E-state index contributed by atoms with van der Waals surface area (Å²) in [5, 5.41) is 2.64. The number of carbonyl (C=O) groups excluding carboxylic acids is 2. The van der Waals surface area contributed by atoms with Gasteiger partial charge in [-0.05, 0) is 12.1 Å². The summed E-state index contributed by atoms with van der Waals surface area (Å²) in [4.78, 5) is 28.6. The zero-order chi connectivity index (χ0) is 13.4. The second-order valence-corrected chi connectivity index (χ2v) is 6.56. The van der Waals surface area contributed by atoms with E-state index in [1.807, 2.05) is 12.1 Å². The van der Waals surface area contributed by atoms with Crippen molar-refractivity contribution < 1.29 is 9.59 Å². The number of thiophene rings is 1. The van der Waals surface area contributed by atoms with Gasteiger partial charge in [0, 0.05) is 31.1 Å². The Balaban J connectivity index is 1.67. The summed E-state index contributed by atoms with van der Waals surface area (Å²) in [6, 6.07) is 3.55. The standard InChI is InChI=1S/C12H14ClN3O2S/c13-10-2-1-8(19-10)6-15-3-4-16-9(7-15)12(18)14-5-11(16)17/h1-2,9H,3-7H2,(H,14,18). The highest BCUT2D eigenvalue weighted by Crippen LogP contribution is 2.24. The van der Waals surface area contributed by atoms with Crippen LogP contribution in [0, 0.1) is 0 Å². The predicted octanol–water partition coefficient (Wildman–Crippen LogP) is 0.544. The van der Waals surface area contributed by atoms with Gasteiger partial charge in [0.2, 0.25) is 11.8 Å². The van der Waals surface area contributed by atoms with Crippen LogP contribution in [0.1, 0.15) is 4.88 Å². The van der Waals surface area contributed by atoms with Crippen molar-refractivity contribution >= 4 is 34.8 Å². The highest BCUT2D eigenvalue weighted by molar-refractivity contribution is 7.16. The first-order chi connectivity index (χ1) is 9.13. The SMILES string of the molecule is O=C1NCC(=O)N2CCN(Cc3ccc(Cl)s3)CC12. The van der Waals surface area contributed by atoms with Crippen LogP contribution in [0.15, 0.2) is 12.1 Å². The third-order valence-corrected chi connectivity index (χ3v) is 4.73. The second-order valence-electron chi connectivity index (χ2n) is 4.76. The number of hydrogen-bond acceptors (Lipinski definition) is 4. The quantitative estimate of drug-likeness (QED) is 0.867. The summed E-state index contributed by atoms with van der Waals surface area (Å²) in [5.41, 5.74) is 0. The smallest absolute Gasteiger partial charge is 0.244 e. The molecule has 102 valence electrons. The lowest BCUT2D eigenvalue weighted by molar-refractivity contribution is -0.149. The van der Waals surface area contributed by atoms with Gasteiger partial charge >= 0.3 is 0 Å². The van der Waals surface area contributed by atoms with E-state index in [4.69, 9.17) is 11.6 Å². The highest BCUT2D eigenvalue weighted by Gasteiger charge is 2.38. The van der Waals surface area contributed by atoms with Crippen molar-refractivity contribution in [3.8, 4) is 0 Å². The molecule has 1 aromatic rings. The van der Waals surface area contributed by atoms with Crippen molar-refractivity contribution in [2.24, 2.45) is 0 Å². The number of rotatable bonds is 2. The average Bonchev–Trinajstić information content (AvgIpc) is 2.80. The molecule has 2 saturated heterocycles. The zero-order valence-electron chi connectivity index (χ0n) is 10.3. The van der Waals surface area contributed by atoms with Gasteiger partial charge in [-0.3, -0.25) is 14.5 Å². The van der Waals surface area contributed by atoms with Crippen molar-refractivity contribution in [3.05, 3.63) is 21.3 Å². The fraction of sp³-hybridized carbons (Fsp3) is 0.500. The molecule has 0 bridgehead atoms. The molecule has 19 heavy (non-hydrogen) atoms. The largest absolute Gasteiger partial charge is 0.345 e. The lowest BCUT2D eigenvalue weighted by atomic mass is 10.1. The Labute approximate surface area is 120 Å². The molecule has 2 amide bonds. The molecule has 1 unspecified atom stereocenters. The molecule has 3 rings (SSSR count). The van der Waals surface area contributed by atoms with Crippen molar-refractivity contribution in [1.82, 2.24) is 15.1 Å². The van der Waals surface area contributed by atoms with E-state index in [-0.39, 0.29) is 24.4 Å². The molecule has 0 radical (unpaired) electrons. The molecule has 0 aliphatic carbocycles.